The van der Waals surface area contributed by atoms with E-state index in [0.29, 0.717) is 0 Å². The van der Waals surface area contributed by atoms with Crippen molar-refractivity contribution in [2.24, 2.45) is 0 Å². The van der Waals surface area contributed by atoms with Crippen LogP contribution >= 0.6 is 0 Å². The summed E-state index contributed by atoms with van der Waals surface area (Å²) in [5.74, 6) is 0.994. The molecule has 1 aromatic heterocycles. The van der Waals surface area contributed by atoms with Gasteiger partial charge < -0.3 is 11.5 Å². The molecule has 0 saturated carbocycles. The summed E-state index contributed by atoms with van der Waals surface area (Å²) in [7, 11) is 0. The number of nitrogens with one attached hydrogen (secondary N) is 1. The summed E-state index contributed by atoms with van der Waals surface area (Å²) in [4.78, 5) is 3.48. The van der Waals surface area contributed by atoms with Crippen molar-refractivity contribution in [2.75, 3.05) is 5.73 Å². The molecule has 6 N–H and O–H groups in total. The molecule has 0 aliphatic heterocycles. The Morgan fingerprint density at radius 1 is 0.923 bits per heavy atom. The van der Waals surface area contributed by atoms with Crippen molar-refractivity contribution < 1.29 is 10.3 Å². The molecular weight excluding hydrogens is 320 g/mol. The number of hydrogen-bond acceptors (Lipinski definition) is 1. The van der Waals surface area contributed by atoms with E-state index < -0.39 is 0 Å². The van der Waals surface area contributed by atoms with Gasteiger partial charge in [-0.2, -0.15) is 4.57 Å². The summed E-state index contributed by atoms with van der Waals surface area (Å²) in [6, 6.07) is 22.6. The highest BCUT2D eigenvalue weighted by Gasteiger charge is 2.18. The minimum atomic E-state index is 0.747. The van der Waals surface area contributed by atoms with Crippen LogP contribution < -0.4 is 16.0 Å². The van der Waals surface area contributed by atoms with Crippen molar-refractivity contribution in [3.8, 4) is 5.69 Å². The Bertz CT molecular complexity index is 1090. The van der Waals surface area contributed by atoms with Gasteiger partial charge in [-0.1, -0.05) is 17.7 Å². The van der Waals surface area contributed by atoms with Crippen molar-refractivity contribution in [2.45, 2.75) is 6.92 Å². The molecule has 4 nitrogen and oxygen atoms in total. The molecule has 4 rings (SSSR count). The lowest BCUT2D eigenvalue weighted by Gasteiger charge is -2.01. The Morgan fingerprint density at radius 3 is 2.38 bits per heavy atom. The van der Waals surface area contributed by atoms with Crippen LogP contribution in [0.1, 0.15) is 17.0 Å². The van der Waals surface area contributed by atoms with Crippen LogP contribution in [0, 0.1) is 6.92 Å². The monoisotopic (exact) mass is 342 g/mol. The van der Waals surface area contributed by atoms with Crippen molar-refractivity contribution in [1.29, 1.82) is 0 Å². The third-order valence-electron chi connectivity index (χ3n) is 4.47. The van der Waals surface area contributed by atoms with Crippen LogP contribution in [-0.4, -0.2) is 4.98 Å². The molecule has 0 spiro atoms. The van der Waals surface area contributed by atoms with E-state index in [0.717, 1.165) is 39.5 Å². The average Bonchev–Trinajstić information content (AvgIpc) is 2.99. The zero-order valence-electron chi connectivity index (χ0n) is 14.7. The first-order valence-corrected chi connectivity index (χ1v) is 8.60. The fourth-order valence-electron chi connectivity index (χ4n) is 3.06. The maximum atomic E-state index is 5.97. The number of fused-ring (bicyclic) bond motifs is 1. The van der Waals surface area contributed by atoms with Gasteiger partial charge >= 0.3 is 0 Å². The van der Waals surface area contributed by atoms with Crippen LogP contribution in [0.4, 0.5) is 11.4 Å². The number of aromatic amines is 1. The average molecular weight is 342 g/mol. The first-order chi connectivity index (χ1) is 12.6. The predicted octanol–water partition coefficient (Wildman–Crippen LogP) is 3.38. The highest BCUT2D eigenvalue weighted by molar-refractivity contribution is 5.78. The Labute approximate surface area is 152 Å². The van der Waals surface area contributed by atoms with Gasteiger partial charge in [0.05, 0.1) is 0 Å². The molecule has 0 fully saturated rings. The van der Waals surface area contributed by atoms with Crippen molar-refractivity contribution >= 4 is 34.6 Å². The van der Waals surface area contributed by atoms with Gasteiger partial charge in [0.2, 0.25) is 0 Å². The van der Waals surface area contributed by atoms with Gasteiger partial charge in [-0.05, 0) is 67.1 Å². The Kier molecular flexibility index (Phi) is 4.03. The van der Waals surface area contributed by atoms with Gasteiger partial charge in [-0.15, -0.1) is 0 Å². The molecule has 0 saturated heterocycles. The second-order valence-corrected chi connectivity index (χ2v) is 6.53. The summed E-state index contributed by atoms with van der Waals surface area (Å²) < 4.78 is 2.21. The Balaban J connectivity index is 1.86. The fourth-order valence-corrected chi connectivity index (χ4v) is 3.06. The molecule has 1 heterocycles. The van der Waals surface area contributed by atoms with Crippen molar-refractivity contribution in [1.82, 2.24) is 4.98 Å². The Morgan fingerprint density at radius 2 is 1.65 bits per heavy atom. The minimum absolute atomic E-state index is 0.747. The molecule has 128 valence electrons. The predicted molar refractivity (Wildman–Crippen MR) is 107 cm³/mol. The van der Waals surface area contributed by atoms with Crippen LogP contribution in [0.25, 0.3) is 28.9 Å². The summed E-state index contributed by atoms with van der Waals surface area (Å²) in [6.45, 7) is 2.09. The fraction of sp³-hybridized carbons (Fsp3) is 0.0455. The number of anilines is 1. The van der Waals surface area contributed by atoms with Gasteiger partial charge in [-0.3, -0.25) is 0 Å². The number of quaternary nitrogens is 1. The highest BCUT2D eigenvalue weighted by Crippen LogP contribution is 2.18. The van der Waals surface area contributed by atoms with Crippen LogP contribution in [0.15, 0.2) is 66.7 Å². The van der Waals surface area contributed by atoms with Crippen LogP contribution in [0.2, 0.25) is 0 Å². The van der Waals surface area contributed by atoms with E-state index in [1.54, 1.807) is 0 Å². The van der Waals surface area contributed by atoms with Gasteiger partial charge in [0.1, 0.15) is 11.4 Å². The normalized spacial score (nSPS) is 11.5. The van der Waals surface area contributed by atoms with E-state index in [9.17, 15) is 0 Å². The van der Waals surface area contributed by atoms with E-state index in [-0.39, 0.29) is 0 Å². The number of aromatic nitrogens is 2. The summed E-state index contributed by atoms with van der Waals surface area (Å²) in [6.07, 6.45) is 4.19. The van der Waals surface area contributed by atoms with E-state index in [2.05, 4.69) is 76.8 Å². The number of aryl methyl sites for hydroxylation is 1. The number of rotatable bonds is 3. The van der Waals surface area contributed by atoms with E-state index in [1.165, 1.54) is 5.56 Å². The first kappa shape index (κ1) is 16.1. The van der Waals surface area contributed by atoms with Gasteiger partial charge in [0.25, 0.3) is 5.82 Å². The molecule has 4 aromatic rings. The lowest BCUT2D eigenvalue weighted by Crippen LogP contribution is -2.39. The van der Waals surface area contributed by atoms with Gasteiger partial charge in [-0.25, -0.2) is 4.98 Å². The number of nitrogen functional groups attached to an aromatic ring is 1. The third-order valence-corrected chi connectivity index (χ3v) is 4.47. The van der Waals surface area contributed by atoms with Gasteiger partial charge in [0, 0.05) is 17.8 Å². The third kappa shape index (κ3) is 3.10. The SMILES string of the molecule is Cc1ccc(-[n+]2c(C=Cc3ccc([NH3+])cc3)[nH]c3cc(N)ccc32)cc1. The highest BCUT2D eigenvalue weighted by atomic mass is 15.1. The van der Waals surface area contributed by atoms with E-state index in [4.69, 9.17) is 5.73 Å². The van der Waals surface area contributed by atoms with Crippen molar-refractivity contribution in [3.63, 3.8) is 0 Å². The minimum Gasteiger partial charge on any atom is -0.399 e. The lowest BCUT2D eigenvalue weighted by atomic mass is 10.2. The summed E-state index contributed by atoms with van der Waals surface area (Å²) >= 11 is 0. The maximum absolute atomic E-state index is 5.97. The zero-order valence-corrected chi connectivity index (χ0v) is 14.7. The topological polar surface area (TPSA) is 73.3 Å². The molecule has 0 amide bonds. The lowest BCUT2D eigenvalue weighted by molar-refractivity contribution is -0.569. The molecule has 0 aliphatic rings. The number of nitrogens with zero attached hydrogens (tertiary/aromatic N) is 1. The summed E-state index contributed by atoms with van der Waals surface area (Å²) in [5.41, 5.74) is 17.2. The van der Waals surface area contributed by atoms with Crippen molar-refractivity contribution in [3.05, 3.63) is 83.7 Å². The number of H-pyrrole nitrogens is 1. The second-order valence-electron chi connectivity index (χ2n) is 6.53. The number of benzene rings is 3. The number of hydrogen-bond donors (Lipinski definition) is 3. The van der Waals surface area contributed by atoms with E-state index in [1.807, 2.05) is 24.3 Å². The molecular formula is C22H22N4+2. The molecule has 0 radical (unpaired) electrons. The second kappa shape index (κ2) is 6.50. The molecule has 0 unspecified atom stereocenters. The van der Waals surface area contributed by atoms with Gasteiger partial charge in [0.15, 0.2) is 11.0 Å². The molecule has 0 bridgehead atoms. The molecule has 0 aliphatic carbocycles. The largest absolute Gasteiger partial charge is 0.399 e. The smallest absolute Gasteiger partial charge is 0.285 e. The zero-order chi connectivity index (χ0) is 18.1. The molecule has 26 heavy (non-hydrogen) atoms. The summed E-state index contributed by atoms with van der Waals surface area (Å²) in [5, 5.41) is 0. The van der Waals surface area contributed by atoms with Crippen LogP contribution in [0.5, 0.6) is 0 Å². The standard InChI is InChI=1S/C22H20N4/c1-15-2-10-19(11-3-15)26-21-12-9-18(24)14-20(21)25-22(26)13-6-16-4-7-17(23)8-5-16/h2-14H,24H2,1H3,(H2,23,25)/p+2. The maximum Gasteiger partial charge on any atom is 0.285 e. The van der Waals surface area contributed by atoms with E-state index >= 15 is 0 Å². The first-order valence-electron chi connectivity index (χ1n) is 8.60. The number of imidazole rings is 1. The quantitative estimate of drug-likeness (QED) is 0.387. The molecule has 4 heteroatoms. The number of nitrogens with two attached hydrogens (primary N) is 1. The Hall–Kier alpha value is -3.37. The van der Waals surface area contributed by atoms with Crippen LogP contribution in [-0.2, 0) is 0 Å². The molecule has 3 aromatic carbocycles. The molecule has 0 atom stereocenters. The van der Waals surface area contributed by atoms with Crippen LogP contribution in [0.3, 0.4) is 0 Å².